The lowest BCUT2D eigenvalue weighted by Gasteiger charge is -2.26. The third-order valence-electron chi connectivity index (χ3n) is 4.12. The topological polar surface area (TPSA) is 94.5 Å². The number of thioether (sulfide) groups is 1. The van der Waals surface area contributed by atoms with Gasteiger partial charge < -0.3 is 15.0 Å². The van der Waals surface area contributed by atoms with E-state index in [1.54, 1.807) is 36.4 Å². The first kappa shape index (κ1) is 20.5. The summed E-state index contributed by atoms with van der Waals surface area (Å²) in [6.45, 7) is 6.36. The lowest BCUT2D eigenvalue weighted by atomic mass is 10.1. The molecule has 1 amide bonds. The van der Waals surface area contributed by atoms with Crippen molar-refractivity contribution in [2.45, 2.75) is 11.8 Å². The van der Waals surface area contributed by atoms with E-state index >= 15 is 0 Å². The maximum absolute atomic E-state index is 11.9. The first-order valence-electron chi connectivity index (χ1n) is 8.98. The highest BCUT2D eigenvalue weighted by atomic mass is 32.2. The molecule has 2 N–H and O–H groups in total. The average molecular weight is 414 g/mol. The Balaban J connectivity index is 1.85. The summed E-state index contributed by atoms with van der Waals surface area (Å²) in [6, 6.07) is 5.88. The number of hydrogen-bond acceptors (Lipinski definition) is 7. The van der Waals surface area contributed by atoms with E-state index in [0.29, 0.717) is 16.6 Å². The lowest BCUT2D eigenvalue weighted by molar-refractivity contribution is -0.120. The summed E-state index contributed by atoms with van der Waals surface area (Å²) in [5, 5.41) is 14.7. The third kappa shape index (κ3) is 4.77. The molecule has 29 heavy (non-hydrogen) atoms. The summed E-state index contributed by atoms with van der Waals surface area (Å²) in [7, 11) is 3.49. The fourth-order valence-corrected chi connectivity index (χ4v) is 3.42. The highest BCUT2D eigenvalue weighted by molar-refractivity contribution is 8.13. The van der Waals surface area contributed by atoms with Crippen LogP contribution in [0.1, 0.15) is 6.92 Å². The zero-order valence-corrected chi connectivity index (χ0v) is 17.4. The van der Waals surface area contributed by atoms with Crippen molar-refractivity contribution in [2.24, 2.45) is 10.2 Å². The van der Waals surface area contributed by atoms with Crippen LogP contribution in [-0.4, -0.2) is 54.7 Å². The Hall–Kier alpha value is -3.27. The maximum atomic E-state index is 11.9. The van der Waals surface area contributed by atoms with E-state index in [4.69, 9.17) is 4.74 Å². The summed E-state index contributed by atoms with van der Waals surface area (Å²) in [5.41, 5.74) is 4.26. The minimum absolute atomic E-state index is 0.0203. The monoisotopic (exact) mass is 413 g/mol. The van der Waals surface area contributed by atoms with Crippen LogP contribution in [0.15, 0.2) is 52.3 Å². The number of hydrogen-bond donors (Lipinski definition) is 2. The Labute approximate surface area is 173 Å². The Kier molecular flexibility index (Phi) is 6.55. The molecule has 9 nitrogen and oxygen atoms in total. The number of aromatic nitrogens is 1. The normalized spacial score (nSPS) is 14.0. The second-order valence-electron chi connectivity index (χ2n) is 6.07. The number of rotatable bonds is 6. The molecular weight excluding hydrogens is 390 g/mol. The molecule has 0 saturated heterocycles. The molecule has 2 heterocycles. The fourth-order valence-electron chi connectivity index (χ4n) is 2.57. The van der Waals surface area contributed by atoms with Crippen LogP contribution in [-0.2, 0) is 4.79 Å². The van der Waals surface area contributed by atoms with Crippen molar-refractivity contribution in [1.82, 2.24) is 20.7 Å². The number of amidine groups is 1. The molecule has 1 aromatic heterocycles. The number of nitrogens with zero attached hydrogens (tertiary/aromatic N) is 5. The first-order chi connectivity index (χ1) is 14.0. The molecule has 0 saturated carbocycles. The molecule has 1 aliphatic heterocycles. The molecule has 0 fully saturated rings. The molecule has 1 aromatic carbocycles. The molecule has 0 spiro atoms. The predicted octanol–water partition coefficient (Wildman–Crippen LogP) is 2.17. The first-order valence-corrected chi connectivity index (χ1v) is 9.80. The van der Waals surface area contributed by atoms with Gasteiger partial charge in [0.05, 0.1) is 11.7 Å². The van der Waals surface area contributed by atoms with Crippen LogP contribution in [0.25, 0.3) is 10.9 Å². The number of fused-ring (bicyclic) bond motifs is 3. The maximum Gasteiger partial charge on any atom is 0.264 e. The third-order valence-corrected chi connectivity index (χ3v) is 5.04. The van der Waals surface area contributed by atoms with E-state index in [0.717, 1.165) is 22.3 Å². The molecule has 10 heteroatoms. The van der Waals surface area contributed by atoms with Crippen molar-refractivity contribution < 1.29 is 9.53 Å². The molecule has 0 aliphatic carbocycles. The van der Waals surface area contributed by atoms with Crippen LogP contribution in [0, 0.1) is 0 Å². The quantitative estimate of drug-likeness (QED) is 0.324. The predicted molar refractivity (Wildman–Crippen MR) is 117 cm³/mol. The standard InChI is InChI=1S/C19H23N7O2S/c1-5-20-19(24-22-12-23-25(3)6-2)29-13-7-8-15-14(9-13)18-16(10-21-15)26(4)17(27)11-28-18/h6-10,12H,2,5,11H2,1,3-4H3,(H,20,24)(H,22,23). The summed E-state index contributed by atoms with van der Waals surface area (Å²) in [6.07, 6.45) is 4.72. The highest BCUT2D eigenvalue weighted by Crippen LogP contribution is 2.38. The van der Waals surface area contributed by atoms with Gasteiger partial charge in [-0.15, -0.1) is 5.10 Å². The van der Waals surface area contributed by atoms with Crippen molar-refractivity contribution in [3.63, 3.8) is 0 Å². The van der Waals surface area contributed by atoms with Crippen molar-refractivity contribution in [2.75, 3.05) is 32.1 Å². The molecule has 1 aliphatic rings. The molecule has 0 radical (unpaired) electrons. The van der Waals surface area contributed by atoms with Gasteiger partial charge in [0.2, 0.25) is 0 Å². The summed E-state index contributed by atoms with van der Waals surface area (Å²) < 4.78 is 5.71. The van der Waals surface area contributed by atoms with Crippen molar-refractivity contribution in [3.05, 3.63) is 37.2 Å². The fraction of sp³-hybridized carbons (Fsp3) is 0.263. The van der Waals surface area contributed by atoms with Crippen LogP contribution in [0.4, 0.5) is 5.69 Å². The Bertz CT molecular complexity index is 976. The average Bonchev–Trinajstić information content (AvgIpc) is 2.73. The molecule has 0 atom stereocenters. The van der Waals surface area contributed by atoms with Crippen molar-refractivity contribution in [1.29, 1.82) is 0 Å². The van der Waals surface area contributed by atoms with Crippen LogP contribution in [0.2, 0.25) is 0 Å². The van der Waals surface area contributed by atoms with Gasteiger partial charge in [0.15, 0.2) is 17.5 Å². The molecule has 152 valence electrons. The van der Waals surface area contributed by atoms with Crippen LogP contribution in [0.5, 0.6) is 5.75 Å². The van der Waals surface area contributed by atoms with Crippen LogP contribution >= 0.6 is 11.8 Å². The number of carbonyl (C=O) groups excluding carboxylic acids is 1. The number of benzene rings is 1. The second-order valence-corrected chi connectivity index (χ2v) is 7.13. The number of likely N-dealkylation sites (N-methyl/N-ethyl adjacent to an activating group) is 1. The van der Waals surface area contributed by atoms with Crippen LogP contribution in [0.3, 0.4) is 0 Å². The molecule has 2 aromatic rings. The Morgan fingerprint density at radius 3 is 3.10 bits per heavy atom. The van der Waals surface area contributed by atoms with E-state index in [2.05, 4.69) is 32.5 Å². The Morgan fingerprint density at radius 2 is 2.34 bits per heavy atom. The van der Waals surface area contributed by atoms with Gasteiger partial charge >= 0.3 is 0 Å². The molecule has 0 unspecified atom stereocenters. The Morgan fingerprint density at radius 1 is 1.52 bits per heavy atom. The number of carbonyl (C=O) groups is 1. The highest BCUT2D eigenvalue weighted by Gasteiger charge is 2.24. The number of anilines is 1. The van der Waals surface area contributed by atoms with Gasteiger partial charge in [0.25, 0.3) is 5.91 Å². The van der Waals surface area contributed by atoms with E-state index < -0.39 is 0 Å². The summed E-state index contributed by atoms with van der Waals surface area (Å²) >= 11 is 1.46. The number of hydrazone groups is 2. The van der Waals surface area contributed by atoms with Gasteiger partial charge in [-0.1, -0.05) is 18.3 Å². The van der Waals surface area contributed by atoms with Crippen molar-refractivity contribution >= 4 is 45.8 Å². The molecular formula is C19H23N7O2S. The molecule has 3 rings (SSSR count). The SMILES string of the molecule is C=CN(C)/N=C\N/N=C(\NCC)Sc1ccc2ncc3c(c2c1)OCC(=O)N3C. The number of pyridine rings is 1. The van der Waals surface area contributed by atoms with Gasteiger partial charge in [-0.2, -0.15) is 5.10 Å². The zero-order valence-electron chi connectivity index (χ0n) is 16.5. The van der Waals surface area contributed by atoms with Gasteiger partial charge in [0.1, 0.15) is 12.0 Å². The van der Waals surface area contributed by atoms with E-state index in [1.807, 2.05) is 25.1 Å². The number of amides is 1. The smallest absolute Gasteiger partial charge is 0.264 e. The van der Waals surface area contributed by atoms with E-state index in [1.165, 1.54) is 18.1 Å². The van der Waals surface area contributed by atoms with Gasteiger partial charge in [0, 0.05) is 37.1 Å². The minimum Gasteiger partial charge on any atom is -0.481 e. The summed E-state index contributed by atoms with van der Waals surface area (Å²) in [5.74, 6) is 0.569. The van der Waals surface area contributed by atoms with E-state index in [-0.39, 0.29) is 12.5 Å². The van der Waals surface area contributed by atoms with Gasteiger partial charge in [-0.05, 0) is 25.1 Å². The van der Waals surface area contributed by atoms with Crippen LogP contribution < -0.4 is 20.4 Å². The number of nitrogens with one attached hydrogen (secondary N) is 2. The molecule has 0 bridgehead atoms. The number of ether oxygens (including phenoxy) is 1. The van der Waals surface area contributed by atoms with E-state index in [9.17, 15) is 4.79 Å². The lowest BCUT2D eigenvalue weighted by Crippen LogP contribution is -2.35. The van der Waals surface area contributed by atoms with Gasteiger partial charge in [-0.25, -0.2) is 0 Å². The van der Waals surface area contributed by atoms with Gasteiger partial charge in [-0.3, -0.25) is 20.2 Å². The van der Waals surface area contributed by atoms with Crippen molar-refractivity contribution in [3.8, 4) is 5.75 Å². The summed E-state index contributed by atoms with van der Waals surface area (Å²) in [4.78, 5) is 18.9. The second kappa shape index (κ2) is 9.28. The minimum atomic E-state index is -0.0967. The largest absolute Gasteiger partial charge is 0.481 e. The zero-order chi connectivity index (χ0) is 20.8.